The van der Waals surface area contributed by atoms with Gasteiger partial charge in [0.05, 0.1) is 16.3 Å². The highest BCUT2D eigenvalue weighted by Gasteiger charge is 2.37. The number of allylic oxidation sites excluding steroid dienone is 1. The molecule has 0 aliphatic heterocycles. The van der Waals surface area contributed by atoms with Crippen LogP contribution in [0.1, 0.15) is 39.3 Å². The number of aliphatic carboxylic acids is 1. The Kier molecular flexibility index (Phi) is 6.23. The Morgan fingerprint density at radius 1 is 1.37 bits per heavy atom. The van der Waals surface area contributed by atoms with Crippen molar-refractivity contribution in [3.8, 4) is 11.5 Å². The van der Waals surface area contributed by atoms with Gasteiger partial charge in [-0.3, -0.25) is 4.98 Å². The molecular weight excluding hydrogens is 386 g/mol. The first-order valence-electron chi connectivity index (χ1n) is 8.44. The average Bonchev–Trinajstić information content (AvgIpc) is 3.00. The van der Waals surface area contributed by atoms with Gasteiger partial charge in [0.15, 0.2) is 8.32 Å². The molecule has 1 N–H and O–H groups in total. The number of carbonyl (C=O) groups is 1. The number of carboxylic acid groups (broad SMARTS) is 1. The predicted octanol–water partition coefficient (Wildman–Crippen LogP) is 4.79. The van der Waals surface area contributed by atoms with E-state index in [0.717, 1.165) is 6.08 Å². The van der Waals surface area contributed by atoms with Gasteiger partial charge >= 0.3 is 5.97 Å². The SMILES string of the molecule is C/C(=C/C(=O)O)c1ncc(-c2nnc(CO[Si](C)(C)C(C)(C)C)o2)cc1Cl. The Hall–Kier alpha value is -2.03. The Balaban J connectivity index is 2.17. The maximum absolute atomic E-state index is 10.8. The van der Waals surface area contributed by atoms with Crippen LogP contribution in [-0.4, -0.2) is 34.6 Å². The van der Waals surface area contributed by atoms with E-state index in [-0.39, 0.29) is 17.5 Å². The summed E-state index contributed by atoms with van der Waals surface area (Å²) >= 11 is 6.23. The van der Waals surface area contributed by atoms with Crippen LogP contribution < -0.4 is 0 Å². The third-order valence-corrected chi connectivity index (χ3v) is 9.40. The van der Waals surface area contributed by atoms with Crippen LogP contribution in [-0.2, 0) is 15.8 Å². The standard InChI is InChI=1S/C18H24ClN3O4Si/c1-11(7-15(23)24)16-13(19)8-12(9-20-16)17-22-21-14(26-17)10-25-27(5,6)18(2,3)4/h7-9H,10H2,1-6H3,(H,23,24)/b11-7-. The lowest BCUT2D eigenvalue weighted by atomic mass is 10.1. The van der Waals surface area contributed by atoms with Crippen LogP contribution in [0.15, 0.2) is 22.8 Å². The van der Waals surface area contributed by atoms with Gasteiger partial charge in [0.2, 0.25) is 11.8 Å². The summed E-state index contributed by atoms with van der Waals surface area (Å²) < 4.78 is 11.7. The summed E-state index contributed by atoms with van der Waals surface area (Å²) in [6.45, 7) is 12.7. The van der Waals surface area contributed by atoms with E-state index < -0.39 is 14.3 Å². The number of rotatable bonds is 6. The molecule has 0 aromatic carbocycles. The summed E-state index contributed by atoms with van der Waals surface area (Å²) in [5.41, 5.74) is 1.40. The summed E-state index contributed by atoms with van der Waals surface area (Å²) in [5.74, 6) is -0.389. The molecule has 0 unspecified atom stereocenters. The molecule has 0 saturated carbocycles. The largest absolute Gasteiger partial charge is 0.478 e. The first-order chi connectivity index (χ1) is 12.4. The Bertz CT molecular complexity index is 872. The lowest BCUT2D eigenvalue weighted by Gasteiger charge is -2.35. The minimum atomic E-state index is -1.92. The van der Waals surface area contributed by atoms with Gasteiger partial charge in [-0.05, 0) is 36.7 Å². The molecule has 2 rings (SSSR count). The van der Waals surface area contributed by atoms with Crippen molar-refractivity contribution in [3.63, 3.8) is 0 Å². The van der Waals surface area contributed by atoms with Gasteiger partial charge in [0.25, 0.3) is 0 Å². The van der Waals surface area contributed by atoms with Crippen molar-refractivity contribution in [1.82, 2.24) is 15.2 Å². The van der Waals surface area contributed by atoms with Gasteiger partial charge in [-0.15, -0.1) is 10.2 Å². The van der Waals surface area contributed by atoms with Gasteiger partial charge in [-0.1, -0.05) is 32.4 Å². The van der Waals surface area contributed by atoms with Crippen LogP contribution in [0, 0.1) is 0 Å². The molecule has 9 heteroatoms. The monoisotopic (exact) mass is 409 g/mol. The average molecular weight is 410 g/mol. The van der Waals surface area contributed by atoms with Crippen LogP contribution in [0.5, 0.6) is 0 Å². The summed E-state index contributed by atoms with van der Waals surface area (Å²) in [7, 11) is -1.92. The van der Waals surface area contributed by atoms with Crippen LogP contribution in [0.25, 0.3) is 17.0 Å². The predicted molar refractivity (Wildman–Crippen MR) is 106 cm³/mol. The first kappa shape index (κ1) is 21.3. The van der Waals surface area contributed by atoms with Gasteiger partial charge < -0.3 is 13.9 Å². The first-order valence-corrected chi connectivity index (χ1v) is 11.7. The van der Waals surface area contributed by atoms with Crippen molar-refractivity contribution >= 4 is 31.5 Å². The van der Waals surface area contributed by atoms with E-state index in [1.807, 2.05) is 0 Å². The van der Waals surface area contributed by atoms with Gasteiger partial charge in [-0.2, -0.15) is 0 Å². The van der Waals surface area contributed by atoms with E-state index >= 15 is 0 Å². The zero-order chi connectivity index (χ0) is 20.4. The van der Waals surface area contributed by atoms with E-state index in [4.69, 9.17) is 25.6 Å². The number of hydrogen-bond acceptors (Lipinski definition) is 6. The van der Waals surface area contributed by atoms with E-state index in [1.165, 1.54) is 6.20 Å². The fourth-order valence-electron chi connectivity index (χ4n) is 1.99. The van der Waals surface area contributed by atoms with Crippen LogP contribution in [0.3, 0.4) is 0 Å². The molecular formula is C18H24ClN3O4Si. The second-order valence-corrected chi connectivity index (χ2v) is 13.0. The van der Waals surface area contributed by atoms with Gasteiger partial charge in [-0.25, -0.2) is 4.79 Å². The lowest BCUT2D eigenvalue weighted by molar-refractivity contribution is -0.131. The minimum absolute atomic E-state index is 0.0878. The third kappa shape index (κ3) is 5.24. The van der Waals surface area contributed by atoms with Crippen LogP contribution in [0.4, 0.5) is 0 Å². The van der Waals surface area contributed by atoms with E-state index in [0.29, 0.717) is 27.7 Å². The Morgan fingerprint density at radius 2 is 2.04 bits per heavy atom. The highest BCUT2D eigenvalue weighted by molar-refractivity contribution is 6.74. The topological polar surface area (TPSA) is 98.3 Å². The number of carboxylic acids is 1. The molecule has 0 aliphatic carbocycles. The maximum atomic E-state index is 10.8. The summed E-state index contributed by atoms with van der Waals surface area (Å²) in [4.78, 5) is 15.0. The highest BCUT2D eigenvalue weighted by atomic mass is 35.5. The number of aromatic nitrogens is 3. The molecule has 0 aliphatic rings. The number of halogens is 1. The van der Waals surface area contributed by atoms with Crippen molar-refractivity contribution in [1.29, 1.82) is 0 Å². The van der Waals surface area contributed by atoms with Gasteiger partial charge in [0, 0.05) is 12.3 Å². The molecule has 0 radical (unpaired) electrons. The number of nitrogens with zero attached hydrogens (tertiary/aromatic N) is 3. The lowest BCUT2D eigenvalue weighted by Crippen LogP contribution is -2.40. The fraction of sp³-hybridized carbons (Fsp3) is 0.444. The second-order valence-electron chi connectivity index (χ2n) is 7.77. The molecule has 0 amide bonds. The van der Waals surface area contributed by atoms with Crippen molar-refractivity contribution in [2.45, 2.75) is 52.4 Å². The molecule has 0 atom stereocenters. The second kappa shape index (κ2) is 7.91. The zero-order valence-corrected chi connectivity index (χ0v) is 18.1. The molecule has 2 aromatic rings. The molecule has 146 valence electrons. The summed E-state index contributed by atoms with van der Waals surface area (Å²) in [5, 5.41) is 17.3. The number of pyridine rings is 1. The number of hydrogen-bond donors (Lipinski definition) is 1. The molecule has 2 aromatic heterocycles. The molecule has 0 spiro atoms. The normalized spacial score (nSPS) is 13.1. The Labute approximate surface area is 164 Å². The summed E-state index contributed by atoms with van der Waals surface area (Å²) in [6, 6.07) is 1.62. The minimum Gasteiger partial charge on any atom is -0.478 e. The molecule has 2 heterocycles. The smallest absolute Gasteiger partial charge is 0.328 e. The van der Waals surface area contributed by atoms with E-state index in [9.17, 15) is 4.79 Å². The van der Waals surface area contributed by atoms with E-state index in [2.05, 4.69) is 49.0 Å². The highest BCUT2D eigenvalue weighted by Crippen LogP contribution is 2.37. The van der Waals surface area contributed by atoms with Crippen molar-refractivity contribution < 1.29 is 18.7 Å². The van der Waals surface area contributed by atoms with Crippen LogP contribution >= 0.6 is 11.6 Å². The van der Waals surface area contributed by atoms with Gasteiger partial charge in [0.1, 0.15) is 6.61 Å². The van der Waals surface area contributed by atoms with Crippen molar-refractivity contribution in [2.24, 2.45) is 0 Å². The molecule has 0 fully saturated rings. The van der Waals surface area contributed by atoms with E-state index in [1.54, 1.807) is 13.0 Å². The van der Waals surface area contributed by atoms with Crippen molar-refractivity contribution in [2.75, 3.05) is 0 Å². The quantitative estimate of drug-likeness (QED) is 0.540. The third-order valence-electron chi connectivity index (χ3n) is 4.63. The molecule has 0 saturated heterocycles. The summed E-state index contributed by atoms with van der Waals surface area (Å²) in [6.07, 6.45) is 2.57. The molecule has 7 nitrogen and oxygen atoms in total. The fourth-order valence-corrected chi connectivity index (χ4v) is 3.22. The zero-order valence-electron chi connectivity index (χ0n) is 16.3. The van der Waals surface area contributed by atoms with Crippen LogP contribution in [0.2, 0.25) is 23.2 Å². The molecule has 0 bridgehead atoms. The Morgan fingerprint density at radius 3 is 2.59 bits per heavy atom. The maximum Gasteiger partial charge on any atom is 0.328 e. The van der Waals surface area contributed by atoms with Crippen molar-refractivity contribution in [3.05, 3.63) is 34.9 Å². The molecule has 27 heavy (non-hydrogen) atoms.